The molecule has 1 amide bonds. The summed E-state index contributed by atoms with van der Waals surface area (Å²) >= 11 is 0. The molecule has 0 aliphatic carbocycles. The van der Waals surface area contributed by atoms with E-state index in [-0.39, 0.29) is 24.9 Å². The smallest absolute Gasteiger partial charge is 0.247 e. The van der Waals surface area contributed by atoms with E-state index in [2.05, 4.69) is 10.6 Å². The Balaban J connectivity index is 1.45. The van der Waals surface area contributed by atoms with Gasteiger partial charge in [0.15, 0.2) is 0 Å². The third-order valence-corrected chi connectivity index (χ3v) is 5.19. The van der Waals surface area contributed by atoms with Crippen molar-refractivity contribution in [1.29, 1.82) is 0 Å². The highest BCUT2D eigenvalue weighted by Crippen LogP contribution is 2.32. The standard InChI is InChI=1S/C24H23FN2O3/c1-15-5-10-21(25)20-14-22(27-23(15)20)24(29)26-18-4-2-3-17(13-18)16-6-8-19(9-7-16)30-12-11-28/h2-10,13,22,27-28H,11-12,14H2,1H3,(H,26,29). The van der Waals surface area contributed by atoms with Gasteiger partial charge in [-0.15, -0.1) is 0 Å². The number of aliphatic hydroxyl groups is 1. The van der Waals surface area contributed by atoms with Crippen molar-refractivity contribution in [3.05, 3.63) is 77.6 Å². The van der Waals surface area contributed by atoms with Crippen molar-refractivity contribution in [3.8, 4) is 16.9 Å². The average molecular weight is 406 g/mol. The van der Waals surface area contributed by atoms with Crippen molar-refractivity contribution in [1.82, 2.24) is 0 Å². The fourth-order valence-corrected chi connectivity index (χ4v) is 3.64. The van der Waals surface area contributed by atoms with E-state index in [9.17, 15) is 9.18 Å². The number of hydrogen-bond donors (Lipinski definition) is 3. The van der Waals surface area contributed by atoms with E-state index in [4.69, 9.17) is 9.84 Å². The molecule has 1 heterocycles. The van der Waals surface area contributed by atoms with Crippen LogP contribution in [0.5, 0.6) is 5.75 Å². The van der Waals surface area contributed by atoms with Crippen molar-refractivity contribution < 1.29 is 19.0 Å². The Morgan fingerprint density at radius 3 is 2.70 bits per heavy atom. The first-order chi connectivity index (χ1) is 14.5. The van der Waals surface area contributed by atoms with E-state index in [0.29, 0.717) is 29.1 Å². The highest BCUT2D eigenvalue weighted by molar-refractivity contribution is 5.98. The van der Waals surface area contributed by atoms with E-state index >= 15 is 0 Å². The summed E-state index contributed by atoms with van der Waals surface area (Å²) in [7, 11) is 0. The molecule has 4 rings (SSSR count). The molecular weight excluding hydrogens is 383 g/mol. The van der Waals surface area contributed by atoms with Gasteiger partial charge < -0.3 is 20.5 Å². The van der Waals surface area contributed by atoms with Crippen LogP contribution in [0, 0.1) is 12.7 Å². The van der Waals surface area contributed by atoms with Crippen molar-refractivity contribution in [3.63, 3.8) is 0 Å². The van der Waals surface area contributed by atoms with Gasteiger partial charge in [0.1, 0.15) is 24.2 Å². The molecule has 3 N–H and O–H groups in total. The zero-order chi connectivity index (χ0) is 21.1. The second-order valence-corrected chi connectivity index (χ2v) is 7.29. The number of carbonyl (C=O) groups excluding carboxylic acids is 1. The van der Waals surface area contributed by atoms with E-state index in [0.717, 1.165) is 16.7 Å². The van der Waals surface area contributed by atoms with Crippen LogP contribution in [-0.2, 0) is 11.2 Å². The number of anilines is 2. The first kappa shape index (κ1) is 19.9. The number of aryl methyl sites for hydroxylation is 1. The molecule has 30 heavy (non-hydrogen) atoms. The van der Waals surface area contributed by atoms with E-state index in [1.54, 1.807) is 6.07 Å². The van der Waals surface area contributed by atoms with Gasteiger partial charge in [-0.1, -0.05) is 30.3 Å². The van der Waals surface area contributed by atoms with Crippen LogP contribution >= 0.6 is 0 Å². The Labute approximate surface area is 174 Å². The Hall–Kier alpha value is -3.38. The van der Waals surface area contributed by atoms with Crippen molar-refractivity contribution in [2.75, 3.05) is 23.8 Å². The topological polar surface area (TPSA) is 70.6 Å². The lowest BCUT2D eigenvalue weighted by Crippen LogP contribution is -2.32. The highest BCUT2D eigenvalue weighted by Gasteiger charge is 2.30. The summed E-state index contributed by atoms with van der Waals surface area (Å²) in [5.74, 6) is 0.202. The number of rotatable bonds is 6. The monoisotopic (exact) mass is 406 g/mol. The van der Waals surface area contributed by atoms with Gasteiger partial charge in [-0.05, 0) is 53.9 Å². The molecule has 0 spiro atoms. The van der Waals surface area contributed by atoms with Crippen LogP contribution in [0.2, 0.25) is 0 Å². The molecule has 0 fully saturated rings. The fraction of sp³-hybridized carbons (Fsp3) is 0.208. The van der Waals surface area contributed by atoms with Crippen LogP contribution in [0.25, 0.3) is 11.1 Å². The molecule has 3 aromatic rings. The van der Waals surface area contributed by atoms with Crippen molar-refractivity contribution in [2.24, 2.45) is 0 Å². The number of hydrogen-bond acceptors (Lipinski definition) is 4. The summed E-state index contributed by atoms with van der Waals surface area (Å²) in [6, 6.07) is 17.7. The van der Waals surface area contributed by atoms with Crippen molar-refractivity contribution >= 4 is 17.3 Å². The van der Waals surface area contributed by atoms with Gasteiger partial charge in [0.05, 0.1) is 6.61 Å². The molecule has 1 unspecified atom stereocenters. The molecule has 1 aliphatic rings. The van der Waals surface area contributed by atoms with Crippen LogP contribution in [0.4, 0.5) is 15.8 Å². The van der Waals surface area contributed by atoms with Crippen LogP contribution in [0.3, 0.4) is 0 Å². The fourth-order valence-electron chi connectivity index (χ4n) is 3.64. The largest absolute Gasteiger partial charge is 0.491 e. The minimum atomic E-state index is -0.512. The van der Waals surface area contributed by atoms with Gasteiger partial charge in [0.25, 0.3) is 0 Å². The van der Waals surface area contributed by atoms with Gasteiger partial charge in [0.2, 0.25) is 5.91 Å². The van der Waals surface area contributed by atoms with E-state index < -0.39 is 6.04 Å². The predicted octanol–water partition coefficient (Wildman–Crippen LogP) is 4.15. The SMILES string of the molecule is Cc1ccc(F)c2c1NC(C(=O)Nc1cccc(-c3ccc(OCCO)cc3)c1)C2. The lowest BCUT2D eigenvalue weighted by molar-refractivity contribution is -0.116. The van der Waals surface area contributed by atoms with Crippen LogP contribution in [0.15, 0.2) is 60.7 Å². The molecule has 0 saturated carbocycles. The molecule has 0 bridgehead atoms. The number of carbonyl (C=O) groups is 1. The number of ether oxygens (including phenoxy) is 1. The third kappa shape index (κ3) is 4.14. The van der Waals surface area contributed by atoms with Gasteiger partial charge in [-0.25, -0.2) is 4.39 Å². The number of amides is 1. The maximum atomic E-state index is 14.1. The molecule has 3 aromatic carbocycles. The molecule has 1 aliphatic heterocycles. The quantitative estimate of drug-likeness (QED) is 0.575. The normalized spacial score (nSPS) is 14.7. The summed E-state index contributed by atoms with van der Waals surface area (Å²) in [6.07, 6.45) is 0.323. The lowest BCUT2D eigenvalue weighted by atomic mass is 10.0. The maximum Gasteiger partial charge on any atom is 0.247 e. The Bertz CT molecular complexity index is 1040. The third-order valence-electron chi connectivity index (χ3n) is 5.19. The number of halogens is 1. The molecule has 6 heteroatoms. The first-order valence-electron chi connectivity index (χ1n) is 9.84. The Morgan fingerprint density at radius 2 is 1.97 bits per heavy atom. The summed E-state index contributed by atoms with van der Waals surface area (Å²) in [5, 5.41) is 14.9. The van der Waals surface area contributed by atoms with Crippen LogP contribution in [-0.4, -0.2) is 30.3 Å². The second kappa shape index (κ2) is 8.55. The average Bonchev–Trinajstić information content (AvgIpc) is 3.23. The minimum absolute atomic E-state index is 0.0311. The molecule has 154 valence electrons. The lowest BCUT2D eigenvalue weighted by Gasteiger charge is -2.13. The molecule has 0 saturated heterocycles. The summed E-state index contributed by atoms with van der Waals surface area (Å²) in [6.45, 7) is 2.12. The Kier molecular flexibility index (Phi) is 5.68. The van der Waals surface area contributed by atoms with Gasteiger partial charge in [0, 0.05) is 23.4 Å². The predicted molar refractivity (Wildman–Crippen MR) is 115 cm³/mol. The summed E-state index contributed by atoms with van der Waals surface area (Å²) < 4.78 is 19.5. The highest BCUT2D eigenvalue weighted by atomic mass is 19.1. The van der Waals surface area contributed by atoms with E-state index in [1.165, 1.54) is 6.07 Å². The van der Waals surface area contributed by atoms with Gasteiger partial charge >= 0.3 is 0 Å². The minimum Gasteiger partial charge on any atom is -0.491 e. The van der Waals surface area contributed by atoms with Crippen molar-refractivity contribution in [2.45, 2.75) is 19.4 Å². The zero-order valence-electron chi connectivity index (χ0n) is 16.6. The summed E-state index contributed by atoms with van der Waals surface area (Å²) in [4.78, 5) is 12.8. The number of aliphatic hydroxyl groups excluding tert-OH is 1. The number of nitrogens with one attached hydrogen (secondary N) is 2. The first-order valence-corrected chi connectivity index (χ1v) is 9.84. The maximum absolute atomic E-state index is 14.1. The van der Waals surface area contributed by atoms with E-state index in [1.807, 2.05) is 55.5 Å². The molecule has 5 nitrogen and oxygen atoms in total. The van der Waals surface area contributed by atoms with Gasteiger partial charge in [-0.2, -0.15) is 0 Å². The molecule has 0 aromatic heterocycles. The zero-order valence-corrected chi connectivity index (χ0v) is 16.6. The van der Waals surface area contributed by atoms with Gasteiger partial charge in [-0.3, -0.25) is 4.79 Å². The number of benzene rings is 3. The molecule has 1 atom stereocenters. The van der Waals surface area contributed by atoms with Crippen LogP contribution < -0.4 is 15.4 Å². The molecular formula is C24H23FN2O3. The van der Waals surface area contributed by atoms with Crippen LogP contribution in [0.1, 0.15) is 11.1 Å². The summed E-state index contributed by atoms with van der Waals surface area (Å²) in [5.41, 5.74) is 4.81. The second-order valence-electron chi connectivity index (χ2n) is 7.29. The number of fused-ring (bicyclic) bond motifs is 1. The molecule has 0 radical (unpaired) electrons. The Morgan fingerprint density at radius 1 is 1.17 bits per heavy atom.